The molecule has 0 saturated carbocycles. The van der Waals surface area contributed by atoms with Gasteiger partial charge in [-0.3, -0.25) is 14.3 Å². The zero-order valence-corrected chi connectivity index (χ0v) is 21.3. The Kier molecular flexibility index (Phi) is 9.20. The SMILES string of the molecule is O=C(NCc1ccccc1)c1cn(CCCCc2nnc(C(=O)NCc3cccc(OC(F)(F)F)c3)s2)nn1. The van der Waals surface area contributed by atoms with Crippen molar-refractivity contribution < 1.29 is 27.5 Å². The van der Waals surface area contributed by atoms with Gasteiger partial charge >= 0.3 is 6.36 Å². The van der Waals surface area contributed by atoms with Crippen LogP contribution in [-0.4, -0.2) is 43.4 Å². The maximum Gasteiger partial charge on any atom is 0.573 e. The largest absolute Gasteiger partial charge is 0.573 e. The van der Waals surface area contributed by atoms with Gasteiger partial charge in [0.1, 0.15) is 10.8 Å². The number of rotatable bonds is 12. The van der Waals surface area contributed by atoms with Crippen LogP contribution in [0.15, 0.2) is 60.8 Å². The van der Waals surface area contributed by atoms with E-state index in [1.807, 2.05) is 30.3 Å². The molecule has 2 aromatic carbocycles. The Morgan fingerprint density at radius 1 is 0.897 bits per heavy atom. The number of ether oxygens (including phenoxy) is 1. The Hall–Kier alpha value is -4.33. The third kappa shape index (κ3) is 8.88. The lowest BCUT2D eigenvalue weighted by Gasteiger charge is -2.10. The highest BCUT2D eigenvalue weighted by Gasteiger charge is 2.31. The second-order valence-electron chi connectivity index (χ2n) is 8.37. The molecule has 0 atom stereocenters. The van der Waals surface area contributed by atoms with Crippen molar-refractivity contribution in [1.82, 2.24) is 35.8 Å². The highest BCUT2D eigenvalue weighted by Crippen LogP contribution is 2.23. The van der Waals surface area contributed by atoms with E-state index < -0.39 is 12.3 Å². The monoisotopic (exact) mass is 559 g/mol. The average molecular weight is 560 g/mol. The molecule has 39 heavy (non-hydrogen) atoms. The van der Waals surface area contributed by atoms with Crippen LogP contribution in [0.1, 0.15) is 49.3 Å². The fourth-order valence-corrected chi connectivity index (χ4v) is 4.29. The van der Waals surface area contributed by atoms with Gasteiger partial charge in [0.2, 0.25) is 5.01 Å². The predicted molar refractivity (Wildman–Crippen MR) is 135 cm³/mol. The highest BCUT2D eigenvalue weighted by atomic mass is 32.1. The van der Waals surface area contributed by atoms with Crippen LogP contribution in [0.25, 0.3) is 0 Å². The van der Waals surface area contributed by atoms with E-state index >= 15 is 0 Å². The van der Waals surface area contributed by atoms with E-state index in [-0.39, 0.29) is 28.9 Å². The Morgan fingerprint density at radius 2 is 1.64 bits per heavy atom. The van der Waals surface area contributed by atoms with Crippen molar-refractivity contribution in [2.75, 3.05) is 0 Å². The van der Waals surface area contributed by atoms with Gasteiger partial charge < -0.3 is 15.4 Å². The highest BCUT2D eigenvalue weighted by molar-refractivity contribution is 7.13. The summed E-state index contributed by atoms with van der Waals surface area (Å²) < 4.78 is 42.7. The van der Waals surface area contributed by atoms with Crippen LogP contribution in [0.4, 0.5) is 13.2 Å². The molecular formula is C25H24F3N7O3S. The predicted octanol–water partition coefficient (Wildman–Crippen LogP) is 3.91. The summed E-state index contributed by atoms with van der Waals surface area (Å²) in [5, 5.41) is 22.1. The Labute approximate surface area is 225 Å². The van der Waals surface area contributed by atoms with Crippen LogP contribution in [0.5, 0.6) is 5.75 Å². The summed E-state index contributed by atoms with van der Waals surface area (Å²) in [5.74, 6) is -1.13. The van der Waals surface area contributed by atoms with Gasteiger partial charge in [0.15, 0.2) is 5.69 Å². The summed E-state index contributed by atoms with van der Waals surface area (Å²) in [6, 6.07) is 14.9. The van der Waals surface area contributed by atoms with E-state index in [9.17, 15) is 22.8 Å². The van der Waals surface area contributed by atoms with Crippen molar-refractivity contribution >= 4 is 23.2 Å². The van der Waals surface area contributed by atoms with Gasteiger partial charge in [0.25, 0.3) is 11.8 Å². The molecule has 0 spiro atoms. The molecule has 4 rings (SSSR count). The number of aromatic nitrogens is 5. The van der Waals surface area contributed by atoms with Crippen LogP contribution in [0.3, 0.4) is 0 Å². The van der Waals surface area contributed by atoms with Crippen molar-refractivity contribution in [1.29, 1.82) is 0 Å². The third-order valence-electron chi connectivity index (χ3n) is 5.34. The first-order chi connectivity index (χ1) is 18.7. The van der Waals surface area contributed by atoms with Crippen molar-refractivity contribution in [3.63, 3.8) is 0 Å². The normalized spacial score (nSPS) is 11.3. The number of hydrogen-bond donors (Lipinski definition) is 2. The lowest BCUT2D eigenvalue weighted by molar-refractivity contribution is -0.274. The maximum atomic E-state index is 12.4. The molecule has 0 aliphatic carbocycles. The molecule has 2 N–H and O–H groups in total. The van der Waals surface area contributed by atoms with Gasteiger partial charge in [-0.1, -0.05) is 59.0 Å². The van der Waals surface area contributed by atoms with Gasteiger partial charge in [-0.05, 0) is 36.1 Å². The lowest BCUT2D eigenvalue weighted by atomic mass is 10.2. The number of alkyl halides is 3. The quantitative estimate of drug-likeness (QED) is 0.252. The molecule has 14 heteroatoms. The fraction of sp³-hybridized carbons (Fsp3) is 0.280. The number of carbonyl (C=O) groups is 2. The summed E-state index contributed by atoms with van der Waals surface area (Å²) >= 11 is 1.15. The minimum absolute atomic E-state index is 0.00692. The summed E-state index contributed by atoms with van der Waals surface area (Å²) in [6.45, 7) is 0.966. The minimum atomic E-state index is -4.79. The molecule has 10 nitrogen and oxygen atoms in total. The van der Waals surface area contributed by atoms with Crippen LogP contribution in [0.2, 0.25) is 0 Å². The maximum absolute atomic E-state index is 12.4. The molecule has 0 bridgehead atoms. The van der Waals surface area contributed by atoms with Gasteiger partial charge in [-0.25, -0.2) is 0 Å². The van der Waals surface area contributed by atoms with E-state index in [1.54, 1.807) is 16.9 Å². The smallest absolute Gasteiger partial charge is 0.406 e. The molecule has 0 radical (unpaired) electrons. The average Bonchev–Trinajstić information content (AvgIpc) is 3.58. The standard InChI is InChI=1S/C25H24F3N7O3S/c26-25(27,28)38-19-10-6-9-18(13-19)15-30-23(37)24-33-32-21(39-24)11-4-5-12-35-16-20(31-34-35)22(36)29-14-17-7-2-1-3-8-17/h1-3,6-10,13,16H,4-5,11-12,14-15H2,(H,29,36)(H,30,37). The van der Waals surface area contributed by atoms with Gasteiger partial charge in [0.05, 0.1) is 6.20 Å². The molecule has 0 unspecified atom stereocenters. The molecule has 204 valence electrons. The number of halogens is 3. The van der Waals surface area contributed by atoms with Crippen LogP contribution < -0.4 is 15.4 Å². The zero-order valence-electron chi connectivity index (χ0n) is 20.5. The van der Waals surface area contributed by atoms with Gasteiger partial charge in [-0.2, -0.15) is 0 Å². The molecule has 0 fully saturated rings. The van der Waals surface area contributed by atoms with Crippen LogP contribution in [0, 0.1) is 0 Å². The van der Waals surface area contributed by atoms with Crippen LogP contribution in [-0.2, 0) is 26.1 Å². The van der Waals surface area contributed by atoms with Gasteiger partial charge in [0, 0.05) is 26.1 Å². The molecule has 0 aliphatic rings. The van der Waals surface area contributed by atoms with Crippen molar-refractivity contribution in [2.45, 2.75) is 45.3 Å². The summed E-state index contributed by atoms with van der Waals surface area (Å²) in [5.41, 5.74) is 1.67. The molecule has 4 aromatic rings. The fourth-order valence-electron chi connectivity index (χ4n) is 3.49. The number of amides is 2. The number of benzene rings is 2. The first-order valence-electron chi connectivity index (χ1n) is 11.9. The van der Waals surface area contributed by atoms with E-state index in [0.29, 0.717) is 30.1 Å². The lowest BCUT2D eigenvalue weighted by Crippen LogP contribution is -2.23. The van der Waals surface area contributed by atoms with Crippen LogP contribution >= 0.6 is 11.3 Å². The molecule has 2 aromatic heterocycles. The molecule has 2 amide bonds. The number of hydrogen-bond acceptors (Lipinski definition) is 8. The van der Waals surface area contributed by atoms with E-state index in [0.717, 1.165) is 29.7 Å². The summed E-state index contributed by atoms with van der Waals surface area (Å²) in [4.78, 5) is 24.7. The topological polar surface area (TPSA) is 124 Å². The molecule has 0 aliphatic heterocycles. The Bertz CT molecular complexity index is 1390. The minimum Gasteiger partial charge on any atom is -0.406 e. The summed E-state index contributed by atoms with van der Waals surface area (Å²) in [7, 11) is 0. The first-order valence-corrected chi connectivity index (χ1v) is 12.7. The number of aryl methyl sites for hydroxylation is 2. The van der Waals surface area contributed by atoms with Crippen molar-refractivity contribution in [3.8, 4) is 5.75 Å². The Morgan fingerprint density at radius 3 is 2.44 bits per heavy atom. The first kappa shape index (κ1) is 27.7. The van der Waals surface area contributed by atoms with Gasteiger partial charge in [-0.15, -0.1) is 28.5 Å². The van der Waals surface area contributed by atoms with E-state index in [1.165, 1.54) is 18.2 Å². The summed E-state index contributed by atoms with van der Waals surface area (Å²) in [6.07, 6.45) is -1.11. The Balaban J connectivity index is 1.16. The zero-order chi connectivity index (χ0) is 27.7. The second-order valence-corrected chi connectivity index (χ2v) is 9.43. The number of nitrogens with one attached hydrogen (secondary N) is 2. The van der Waals surface area contributed by atoms with E-state index in [2.05, 4.69) is 35.9 Å². The van der Waals surface area contributed by atoms with Crippen molar-refractivity contribution in [3.05, 3.63) is 87.6 Å². The molecule has 2 heterocycles. The van der Waals surface area contributed by atoms with E-state index in [4.69, 9.17) is 0 Å². The van der Waals surface area contributed by atoms with Crippen molar-refractivity contribution in [2.24, 2.45) is 0 Å². The number of nitrogens with zero attached hydrogens (tertiary/aromatic N) is 5. The third-order valence-corrected chi connectivity index (χ3v) is 6.32. The molecule has 0 saturated heterocycles. The second kappa shape index (κ2) is 13.0. The number of unbranched alkanes of at least 4 members (excludes halogenated alkanes) is 1. The molecular weight excluding hydrogens is 535 g/mol. The number of carbonyl (C=O) groups excluding carboxylic acids is 2.